The molecule has 0 saturated heterocycles. The molecular weight excluding hydrogens is 631 g/mol. The van der Waals surface area contributed by atoms with Crippen LogP contribution in [0.15, 0.2) is 158 Å². The molecule has 10 rings (SSSR count). The topological polar surface area (TPSA) is 3.24 Å². The normalized spacial score (nSPS) is 17.9. The van der Waals surface area contributed by atoms with Gasteiger partial charge in [-0.2, -0.15) is 0 Å². The molecule has 0 aromatic heterocycles. The van der Waals surface area contributed by atoms with Crippen molar-refractivity contribution in [3.63, 3.8) is 0 Å². The molecule has 51 heavy (non-hydrogen) atoms. The highest BCUT2D eigenvalue weighted by Crippen LogP contribution is 2.53. The Morgan fingerprint density at radius 1 is 0.412 bits per heavy atom. The van der Waals surface area contributed by atoms with Gasteiger partial charge in [0, 0.05) is 27.9 Å². The van der Waals surface area contributed by atoms with E-state index < -0.39 is 8.07 Å². The van der Waals surface area contributed by atoms with Gasteiger partial charge in [0.15, 0.2) is 0 Å². The van der Waals surface area contributed by atoms with Gasteiger partial charge in [-0.25, -0.2) is 0 Å². The van der Waals surface area contributed by atoms with E-state index in [1.165, 1.54) is 88.3 Å². The Morgan fingerprint density at radius 2 is 0.882 bits per heavy atom. The first-order chi connectivity index (χ1) is 24.7. The molecule has 1 atom stereocenters. The molecule has 0 N–H and O–H groups in total. The smallest absolute Gasteiger partial charge is 0.149 e. The predicted molar refractivity (Wildman–Crippen MR) is 219 cm³/mol. The Kier molecular flexibility index (Phi) is 6.28. The van der Waals surface area contributed by atoms with Gasteiger partial charge in [-0.05, 0) is 102 Å². The van der Waals surface area contributed by atoms with Gasteiger partial charge in [-0.3, -0.25) is 0 Å². The molecule has 0 radical (unpaired) electrons. The maximum Gasteiger partial charge on any atom is 0.149 e. The van der Waals surface area contributed by atoms with E-state index in [4.69, 9.17) is 0 Å². The number of benzene rings is 7. The van der Waals surface area contributed by atoms with Crippen LogP contribution in [0.3, 0.4) is 0 Å². The molecule has 1 unspecified atom stereocenters. The molecular formula is C49H41NSi. The quantitative estimate of drug-likeness (QED) is 0.168. The zero-order chi connectivity index (χ0) is 34.7. The van der Waals surface area contributed by atoms with Gasteiger partial charge in [-0.1, -0.05) is 162 Å². The van der Waals surface area contributed by atoms with Crippen LogP contribution >= 0.6 is 0 Å². The average molecular weight is 672 g/mol. The van der Waals surface area contributed by atoms with Crippen LogP contribution in [-0.4, -0.2) is 8.07 Å². The zero-order valence-corrected chi connectivity index (χ0v) is 31.0. The van der Waals surface area contributed by atoms with E-state index in [0.717, 1.165) is 0 Å². The summed E-state index contributed by atoms with van der Waals surface area (Å²) >= 11 is 0. The largest absolute Gasteiger partial charge is 0.311 e. The number of rotatable bonds is 4. The first-order valence-electron chi connectivity index (χ1n) is 18.3. The minimum Gasteiger partial charge on any atom is -0.311 e. The fraction of sp³-hybridized carbons (Fsp3) is 0.143. The number of nitrogens with zero attached hydrogens (tertiary/aromatic N) is 1. The minimum atomic E-state index is -2.42. The number of anilines is 3. The molecule has 0 spiro atoms. The lowest BCUT2D eigenvalue weighted by Gasteiger charge is -2.34. The average Bonchev–Trinajstić information content (AvgIpc) is 3.67. The van der Waals surface area contributed by atoms with E-state index in [9.17, 15) is 0 Å². The minimum absolute atomic E-state index is 0.0999. The highest BCUT2D eigenvalue weighted by molar-refractivity contribution is 7.14. The third kappa shape index (κ3) is 4.03. The van der Waals surface area contributed by atoms with Gasteiger partial charge in [0.05, 0.1) is 0 Å². The van der Waals surface area contributed by atoms with Crippen molar-refractivity contribution in [3.05, 3.63) is 180 Å². The summed E-state index contributed by atoms with van der Waals surface area (Å²) in [6, 6.07) is 59.9. The molecule has 2 aliphatic carbocycles. The van der Waals surface area contributed by atoms with Crippen LogP contribution in [0.4, 0.5) is 17.1 Å². The van der Waals surface area contributed by atoms with Crippen LogP contribution in [0.2, 0.25) is 6.55 Å². The second-order valence-electron chi connectivity index (χ2n) is 15.9. The van der Waals surface area contributed by atoms with Crippen LogP contribution in [0.5, 0.6) is 0 Å². The van der Waals surface area contributed by atoms with Crippen molar-refractivity contribution in [3.8, 4) is 33.4 Å². The molecule has 246 valence electrons. The predicted octanol–water partition coefficient (Wildman–Crippen LogP) is 10.8. The first kappa shape index (κ1) is 30.4. The molecule has 0 saturated carbocycles. The van der Waals surface area contributed by atoms with E-state index in [-0.39, 0.29) is 10.8 Å². The highest BCUT2D eigenvalue weighted by Gasteiger charge is 2.46. The van der Waals surface area contributed by atoms with Crippen LogP contribution in [-0.2, 0) is 10.8 Å². The zero-order valence-electron chi connectivity index (χ0n) is 30.0. The first-order valence-corrected chi connectivity index (χ1v) is 20.8. The van der Waals surface area contributed by atoms with E-state index in [1.54, 1.807) is 0 Å². The summed E-state index contributed by atoms with van der Waals surface area (Å²) in [4.78, 5) is 2.59. The van der Waals surface area contributed by atoms with Crippen molar-refractivity contribution in [1.29, 1.82) is 0 Å². The van der Waals surface area contributed by atoms with Crippen molar-refractivity contribution in [2.45, 2.75) is 45.1 Å². The molecule has 1 heterocycles. The van der Waals surface area contributed by atoms with Gasteiger partial charge < -0.3 is 4.90 Å². The Bertz CT molecular complexity index is 2450. The monoisotopic (exact) mass is 671 g/mol. The van der Waals surface area contributed by atoms with E-state index in [0.29, 0.717) is 0 Å². The second-order valence-corrected chi connectivity index (χ2v) is 19.7. The van der Waals surface area contributed by atoms with Gasteiger partial charge in [-0.15, -0.1) is 0 Å². The van der Waals surface area contributed by atoms with Crippen LogP contribution in [0, 0.1) is 0 Å². The molecule has 7 aromatic carbocycles. The Balaban J connectivity index is 1.26. The van der Waals surface area contributed by atoms with Crippen molar-refractivity contribution in [1.82, 2.24) is 0 Å². The van der Waals surface area contributed by atoms with Crippen molar-refractivity contribution in [2.24, 2.45) is 0 Å². The van der Waals surface area contributed by atoms with Crippen LogP contribution in [0.1, 0.15) is 49.9 Å². The summed E-state index contributed by atoms with van der Waals surface area (Å²) in [5.74, 6) is 0. The Morgan fingerprint density at radius 3 is 1.47 bits per heavy atom. The summed E-state index contributed by atoms with van der Waals surface area (Å²) in [7, 11) is -2.42. The standard InChI is InChI=1S/C49H41NSi/c1-48(2)41-22-12-9-18-35(41)37-28-26-32(30-43(37)48)50(33-27-29-38-36-19-10-13-23-42(36)49(3,4)44(38)31-33)45-24-15-21-40-39-20-11-14-25-46(39)51(5,47(40)45)34-16-7-6-8-17-34/h6-31H,1-5H3. The molecule has 3 aliphatic rings. The molecule has 0 fully saturated rings. The van der Waals surface area contributed by atoms with Crippen LogP contribution < -0.4 is 20.5 Å². The molecule has 7 aromatic rings. The van der Waals surface area contributed by atoms with E-state index >= 15 is 0 Å². The summed E-state index contributed by atoms with van der Waals surface area (Å²) < 4.78 is 0. The fourth-order valence-electron chi connectivity index (χ4n) is 9.93. The van der Waals surface area contributed by atoms with Crippen molar-refractivity contribution in [2.75, 3.05) is 4.90 Å². The molecule has 0 bridgehead atoms. The summed E-state index contributed by atoms with van der Waals surface area (Å²) in [6.07, 6.45) is 0. The lowest BCUT2D eigenvalue weighted by atomic mass is 9.82. The lowest BCUT2D eigenvalue weighted by Crippen LogP contribution is -2.62. The summed E-state index contributed by atoms with van der Waals surface area (Å²) in [5.41, 5.74) is 17.2. The Labute approximate surface area is 302 Å². The molecule has 1 aliphatic heterocycles. The second kappa shape index (κ2) is 10.5. The van der Waals surface area contributed by atoms with E-state index in [2.05, 4.69) is 197 Å². The van der Waals surface area contributed by atoms with Gasteiger partial charge in [0.1, 0.15) is 8.07 Å². The number of hydrogen-bond donors (Lipinski definition) is 0. The summed E-state index contributed by atoms with van der Waals surface area (Å²) in [5, 5.41) is 4.43. The number of fused-ring (bicyclic) bond motifs is 9. The SMILES string of the molecule is CC1(C)c2ccccc2-c2ccc(N(c3ccc4c(c3)C(C)(C)c3ccccc3-4)c3cccc4c3[Si](C)(c3ccccc3)c3ccccc3-4)cc21. The third-order valence-corrected chi connectivity index (χ3v) is 17.1. The third-order valence-electron chi connectivity index (χ3n) is 12.5. The molecule has 1 nitrogen and oxygen atoms in total. The van der Waals surface area contributed by atoms with Crippen molar-refractivity contribution < 1.29 is 0 Å². The Hall–Kier alpha value is -5.44. The fourth-order valence-corrected chi connectivity index (χ4v) is 14.3. The van der Waals surface area contributed by atoms with Gasteiger partial charge in [0.25, 0.3) is 0 Å². The summed E-state index contributed by atoms with van der Waals surface area (Å²) in [6.45, 7) is 12.1. The highest BCUT2D eigenvalue weighted by atomic mass is 28.3. The lowest BCUT2D eigenvalue weighted by molar-refractivity contribution is 0.660. The molecule has 2 heteroatoms. The van der Waals surface area contributed by atoms with Crippen molar-refractivity contribution >= 4 is 40.7 Å². The molecule has 0 amide bonds. The van der Waals surface area contributed by atoms with Gasteiger partial charge >= 0.3 is 0 Å². The van der Waals surface area contributed by atoms with Crippen LogP contribution in [0.25, 0.3) is 33.4 Å². The maximum absolute atomic E-state index is 2.59. The maximum atomic E-state index is 2.59. The van der Waals surface area contributed by atoms with E-state index in [1.807, 2.05) is 0 Å². The van der Waals surface area contributed by atoms with Gasteiger partial charge in [0.2, 0.25) is 0 Å². The number of hydrogen-bond acceptors (Lipinski definition) is 1.